The molecule has 1 saturated heterocycles. The van der Waals surface area contributed by atoms with E-state index in [-0.39, 0.29) is 18.4 Å². The summed E-state index contributed by atoms with van der Waals surface area (Å²) in [5.41, 5.74) is 8.03. The molecule has 1 amide bonds. The molecule has 2 heterocycles. The Balaban J connectivity index is 1.65. The van der Waals surface area contributed by atoms with Crippen LogP contribution in [0, 0.1) is 17.8 Å². The molecule has 0 aromatic carbocycles. The minimum Gasteiger partial charge on any atom is -0.394 e. The van der Waals surface area contributed by atoms with E-state index in [0.29, 0.717) is 30.5 Å². The Morgan fingerprint density at radius 2 is 2.29 bits per heavy atom. The number of carbonyl (C=O) groups excluding carboxylic acids is 1. The first-order chi connectivity index (χ1) is 10.3. The van der Waals surface area contributed by atoms with Crippen LogP contribution in [-0.2, 0) is 4.79 Å². The van der Waals surface area contributed by atoms with Gasteiger partial charge in [0.25, 0.3) is 0 Å². The lowest BCUT2D eigenvalue weighted by atomic mass is 9.77. The number of rotatable bonds is 2. The quantitative estimate of drug-likeness (QED) is 0.670. The monoisotopic (exact) mass is 290 g/mol. The molecule has 6 nitrogen and oxygen atoms in total. The van der Waals surface area contributed by atoms with E-state index in [4.69, 9.17) is 5.11 Å². The molecule has 3 N–H and O–H groups in total. The second-order valence-electron chi connectivity index (χ2n) is 6.54. The number of hydrogen-bond acceptors (Lipinski definition) is 5. The summed E-state index contributed by atoms with van der Waals surface area (Å²) in [5.74, 6) is 1.13. The number of β-amino-alcohol motifs (C(OH)–C–C–N with tert-alkyl or cyclic N) is 1. The maximum atomic E-state index is 12.7. The van der Waals surface area contributed by atoms with Gasteiger partial charge < -0.3 is 10.5 Å². The molecule has 3 fully saturated rings. The molecular weight excluding hydrogens is 268 g/mol. The van der Waals surface area contributed by atoms with Gasteiger partial charge in [0.15, 0.2) is 0 Å². The minimum atomic E-state index is 0.00937. The molecule has 0 spiro atoms. The number of aliphatic hydroxyl groups excluding tert-OH is 1. The third-order valence-electron chi connectivity index (χ3n) is 5.61. The van der Waals surface area contributed by atoms with Crippen molar-refractivity contribution in [2.75, 3.05) is 13.2 Å². The van der Waals surface area contributed by atoms with Crippen molar-refractivity contribution in [3.63, 3.8) is 0 Å². The zero-order valence-corrected chi connectivity index (χ0v) is 12.0. The van der Waals surface area contributed by atoms with Gasteiger partial charge in [0.2, 0.25) is 5.91 Å². The van der Waals surface area contributed by atoms with Crippen LogP contribution in [0.1, 0.15) is 25.7 Å². The molecule has 0 bridgehead atoms. The van der Waals surface area contributed by atoms with Crippen LogP contribution in [0.2, 0.25) is 0 Å². The number of aliphatic hydroxyl groups is 1. The fourth-order valence-corrected chi connectivity index (χ4v) is 4.77. The summed E-state index contributed by atoms with van der Waals surface area (Å²) in [7, 11) is 0. The lowest BCUT2D eigenvalue weighted by Gasteiger charge is -2.42. The number of hydrazone groups is 1. The Bertz CT molecular complexity index is 504. The third kappa shape index (κ3) is 2.00. The van der Waals surface area contributed by atoms with E-state index >= 15 is 0 Å². The standard InChI is InChI=1S/C15H22N4O2/c20-8-7-19-15(21)11-2-1-9-5-6-16-17-14(9)10-3-4-12(18-19)13(10)11/h5-6,10-14,17-18,20H,1-4,7-8H2. The normalized spacial score (nSPS) is 41.0. The van der Waals surface area contributed by atoms with E-state index in [2.05, 4.69) is 22.0 Å². The molecule has 4 aliphatic rings. The highest BCUT2D eigenvalue weighted by atomic mass is 16.3. The molecule has 6 heteroatoms. The van der Waals surface area contributed by atoms with Crippen LogP contribution in [-0.4, -0.2) is 47.5 Å². The Morgan fingerprint density at radius 1 is 1.38 bits per heavy atom. The molecular formula is C15H22N4O2. The molecule has 2 aliphatic heterocycles. The smallest absolute Gasteiger partial charge is 0.240 e. The van der Waals surface area contributed by atoms with Crippen LogP contribution in [0.4, 0.5) is 0 Å². The molecule has 21 heavy (non-hydrogen) atoms. The van der Waals surface area contributed by atoms with Crippen LogP contribution < -0.4 is 10.9 Å². The van der Waals surface area contributed by atoms with Crippen molar-refractivity contribution in [2.45, 2.75) is 37.8 Å². The van der Waals surface area contributed by atoms with Crippen molar-refractivity contribution < 1.29 is 9.90 Å². The molecule has 2 saturated carbocycles. The van der Waals surface area contributed by atoms with E-state index in [1.54, 1.807) is 5.01 Å². The molecule has 4 rings (SSSR count). The van der Waals surface area contributed by atoms with Gasteiger partial charge in [0.05, 0.1) is 19.2 Å². The van der Waals surface area contributed by atoms with Crippen molar-refractivity contribution in [3.8, 4) is 0 Å². The predicted molar refractivity (Wildman–Crippen MR) is 78.2 cm³/mol. The molecule has 114 valence electrons. The van der Waals surface area contributed by atoms with Crippen molar-refractivity contribution >= 4 is 12.1 Å². The number of hydrazine groups is 1. The second kappa shape index (κ2) is 5.10. The van der Waals surface area contributed by atoms with Gasteiger partial charge in [-0.2, -0.15) is 5.10 Å². The fraction of sp³-hybridized carbons (Fsp3) is 0.733. The Kier molecular flexibility index (Phi) is 3.23. The number of hydrogen-bond donors (Lipinski definition) is 3. The summed E-state index contributed by atoms with van der Waals surface area (Å²) >= 11 is 0. The van der Waals surface area contributed by atoms with Crippen LogP contribution >= 0.6 is 0 Å². The van der Waals surface area contributed by atoms with E-state index in [1.807, 2.05) is 6.21 Å². The number of amides is 1. The molecule has 0 aromatic rings. The van der Waals surface area contributed by atoms with Gasteiger partial charge in [-0.25, -0.2) is 5.43 Å². The maximum absolute atomic E-state index is 12.7. The van der Waals surface area contributed by atoms with Crippen molar-refractivity contribution in [2.24, 2.45) is 22.9 Å². The predicted octanol–water partition coefficient (Wildman–Crippen LogP) is 0.0143. The molecule has 0 aromatic heterocycles. The first-order valence-electron chi connectivity index (χ1n) is 7.95. The van der Waals surface area contributed by atoms with Gasteiger partial charge in [-0.15, -0.1) is 0 Å². The van der Waals surface area contributed by atoms with Gasteiger partial charge in [-0.3, -0.25) is 9.80 Å². The van der Waals surface area contributed by atoms with Crippen molar-refractivity contribution in [1.82, 2.24) is 15.9 Å². The van der Waals surface area contributed by atoms with Crippen molar-refractivity contribution in [3.05, 3.63) is 11.6 Å². The first-order valence-corrected chi connectivity index (χ1v) is 7.95. The highest BCUT2D eigenvalue weighted by Crippen LogP contribution is 2.48. The molecule has 5 atom stereocenters. The summed E-state index contributed by atoms with van der Waals surface area (Å²) in [6.07, 6.45) is 8.05. The van der Waals surface area contributed by atoms with Crippen LogP contribution in [0.25, 0.3) is 0 Å². The topological polar surface area (TPSA) is 77.0 Å². The van der Waals surface area contributed by atoms with Gasteiger partial charge in [-0.1, -0.05) is 0 Å². The molecule has 0 radical (unpaired) electrons. The number of carbonyl (C=O) groups is 1. The minimum absolute atomic E-state index is 0.00937. The van der Waals surface area contributed by atoms with E-state index < -0.39 is 0 Å². The molecule has 2 aliphatic carbocycles. The summed E-state index contributed by atoms with van der Waals surface area (Å²) in [4.78, 5) is 12.7. The van der Waals surface area contributed by atoms with Crippen LogP contribution in [0.3, 0.4) is 0 Å². The number of nitrogens with one attached hydrogen (secondary N) is 2. The second-order valence-corrected chi connectivity index (χ2v) is 6.54. The van der Waals surface area contributed by atoms with E-state index in [1.165, 1.54) is 5.57 Å². The average Bonchev–Trinajstić information content (AvgIpc) is 2.83. The summed E-state index contributed by atoms with van der Waals surface area (Å²) < 4.78 is 0. The Labute approximate surface area is 124 Å². The summed E-state index contributed by atoms with van der Waals surface area (Å²) in [6.45, 7) is 0.395. The number of fused-ring (bicyclic) bond motifs is 2. The summed E-state index contributed by atoms with van der Waals surface area (Å²) in [6, 6.07) is 0.658. The lowest BCUT2D eigenvalue weighted by molar-refractivity contribution is -0.149. The summed E-state index contributed by atoms with van der Waals surface area (Å²) in [5, 5.41) is 15.0. The van der Waals surface area contributed by atoms with Gasteiger partial charge >= 0.3 is 0 Å². The SMILES string of the molecule is O=C1C2CCC3=CC=NNC3C3CCC(NN1CCO)C23. The van der Waals surface area contributed by atoms with Gasteiger partial charge in [-0.05, 0) is 49.2 Å². The fourth-order valence-electron chi connectivity index (χ4n) is 4.77. The largest absolute Gasteiger partial charge is 0.394 e. The highest BCUT2D eigenvalue weighted by molar-refractivity contribution is 5.80. The van der Waals surface area contributed by atoms with Crippen molar-refractivity contribution in [1.29, 1.82) is 0 Å². The average molecular weight is 290 g/mol. The van der Waals surface area contributed by atoms with Gasteiger partial charge in [0.1, 0.15) is 0 Å². The zero-order chi connectivity index (χ0) is 14.4. The zero-order valence-electron chi connectivity index (χ0n) is 12.0. The first kappa shape index (κ1) is 13.3. The van der Waals surface area contributed by atoms with Gasteiger partial charge in [0, 0.05) is 18.2 Å². The Morgan fingerprint density at radius 3 is 3.14 bits per heavy atom. The van der Waals surface area contributed by atoms with Crippen LogP contribution in [0.5, 0.6) is 0 Å². The highest BCUT2D eigenvalue weighted by Gasteiger charge is 2.53. The number of allylic oxidation sites excluding steroid dienone is 1. The van der Waals surface area contributed by atoms with Crippen LogP contribution in [0.15, 0.2) is 16.8 Å². The number of nitrogens with zero attached hydrogens (tertiary/aromatic N) is 2. The third-order valence-corrected chi connectivity index (χ3v) is 5.61. The maximum Gasteiger partial charge on any atom is 0.240 e. The molecule has 5 unspecified atom stereocenters. The Hall–Kier alpha value is -1.40. The van der Waals surface area contributed by atoms with E-state index in [0.717, 1.165) is 25.7 Å². The van der Waals surface area contributed by atoms with E-state index in [9.17, 15) is 4.79 Å². The lowest BCUT2D eigenvalue weighted by Crippen LogP contribution is -2.61.